The topological polar surface area (TPSA) is 87.3 Å². The van der Waals surface area contributed by atoms with Crippen LogP contribution in [0.15, 0.2) is 35.9 Å². The van der Waals surface area contributed by atoms with Crippen molar-refractivity contribution >= 4 is 17.7 Å². The van der Waals surface area contributed by atoms with Crippen LogP contribution in [0.4, 0.5) is 13.2 Å². The Labute approximate surface area is 166 Å². The van der Waals surface area contributed by atoms with Crippen LogP contribution in [0.5, 0.6) is 0 Å². The van der Waals surface area contributed by atoms with E-state index in [2.05, 4.69) is 22.2 Å². The second-order valence-corrected chi connectivity index (χ2v) is 6.79. The predicted octanol–water partition coefficient (Wildman–Crippen LogP) is 3.25. The van der Waals surface area contributed by atoms with Gasteiger partial charge in [-0.1, -0.05) is 11.6 Å². The van der Waals surface area contributed by atoms with Crippen molar-refractivity contribution in [1.29, 1.82) is 0 Å². The maximum atomic E-state index is 12.5. The summed E-state index contributed by atoms with van der Waals surface area (Å²) in [6.07, 6.45) is 2.92. The molecule has 1 aromatic rings. The molecule has 0 aromatic heterocycles. The summed E-state index contributed by atoms with van der Waals surface area (Å²) in [6, 6.07) is 3.59. The molecule has 29 heavy (non-hydrogen) atoms. The van der Waals surface area contributed by atoms with Gasteiger partial charge in [0.15, 0.2) is 0 Å². The highest BCUT2D eigenvalue weighted by Gasteiger charge is 2.30. The van der Waals surface area contributed by atoms with Crippen LogP contribution in [-0.2, 0) is 15.8 Å². The number of halogens is 3. The molecule has 1 aromatic carbocycles. The lowest BCUT2D eigenvalue weighted by atomic mass is 9.97. The number of allylic oxidation sites excluding steroid dienone is 1. The van der Waals surface area contributed by atoms with Crippen LogP contribution in [0.1, 0.15) is 60.9 Å². The van der Waals surface area contributed by atoms with Gasteiger partial charge >= 0.3 is 6.18 Å². The van der Waals surface area contributed by atoms with E-state index in [9.17, 15) is 27.6 Å². The Hall–Kier alpha value is -2.84. The van der Waals surface area contributed by atoms with Crippen LogP contribution in [0, 0.1) is 0 Å². The summed E-state index contributed by atoms with van der Waals surface area (Å²) in [5, 5.41) is 2.75. The van der Waals surface area contributed by atoms with Gasteiger partial charge in [-0.3, -0.25) is 25.2 Å². The Morgan fingerprint density at radius 3 is 2.24 bits per heavy atom. The maximum absolute atomic E-state index is 12.5. The normalized spacial score (nSPS) is 14.0. The molecule has 3 N–H and O–H groups in total. The number of hydrogen-bond donors (Lipinski definition) is 3. The number of benzene rings is 1. The number of rotatable bonds is 7. The van der Waals surface area contributed by atoms with Gasteiger partial charge < -0.3 is 5.32 Å². The third kappa shape index (κ3) is 7.97. The second kappa shape index (κ2) is 10.6. The van der Waals surface area contributed by atoms with E-state index in [1.807, 2.05) is 0 Å². The summed E-state index contributed by atoms with van der Waals surface area (Å²) < 4.78 is 37.5. The zero-order valence-electron chi connectivity index (χ0n) is 15.9. The van der Waals surface area contributed by atoms with Crippen LogP contribution >= 0.6 is 0 Å². The van der Waals surface area contributed by atoms with E-state index < -0.39 is 23.6 Å². The molecule has 0 spiro atoms. The van der Waals surface area contributed by atoms with Crippen molar-refractivity contribution in [2.75, 3.05) is 6.54 Å². The molecule has 6 nitrogen and oxygen atoms in total. The Bertz CT molecular complexity index is 758. The summed E-state index contributed by atoms with van der Waals surface area (Å²) in [4.78, 5) is 35.3. The summed E-state index contributed by atoms with van der Waals surface area (Å²) in [6.45, 7) is 0.525. The van der Waals surface area contributed by atoms with Crippen LogP contribution in [0.3, 0.4) is 0 Å². The van der Waals surface area contributed by atoms with Gasteiger partial charge in [-0.05, 0) is 56.4 Å². The van der Waals surface area contributed by atoms with Gasteiger partial charge in [-0.2, -0.15) is 13.2 Å². The van der Waals surface area contributed by atoms with Gasteiger partial charge in [-0.25, -0.2) is 0 Å². The maximum Gasteiger partial charge on any atom is 0.416 e. The Morgan fingerprint density at radius 1 is 0.931 bits per heavy atom. The molecule has 0 bridgehead atoms. The van der Waals surface area contributed by atoms with Gasteiger partial charge in [0.1, 0.15) is 0 Å². The SMILES string of the molecule is O=C(CCC(=O)NNC(=O)c1ccc(C(F)(F)F)cc1)NCCC1=CCCCC1. The fourth-order valence-corrected chi connectivity index (χ4v) is 2.88. The fraction of sp³-hybridized carbons (Fsp3) is 0.450. The largest absolute Gasteiger partial charge is 0.416 e. The minimum absolute atomic E-state index is 0.0268. The van der Waals surface area contributed by atoms with E-state index >= 15 is 0 Å². The lowest BCUT2D eigenvalue weighted by Gasteiger charge is -2.13. The first-order chi connectivity index (χ1) is 13.8. The first-order valence-corrected chi connectivity index (χ1v) is 9.47. The first-order valence-electron chi connectivity index (χ1n) is 9.47. The average molecular weight is 411 g/mol. The molecule has 158 valence electrons. The lowest BCUT2D eigenvalue weighted by molar-refractivity contribution is -0.137. The lowest BCUT2D eigenvalue weighted by Crippen LogP contribution is -2.42. The molecule has 0 radical (unpaired) electrons. The molecule has 1 aliphatic rings. The molecular formula is C20H24F3N3O3. The molecule has 0 heterocycles. The van der Waals surface area contributed by atoms with Crippen molar-refractivity contribution in [2.24, 2.45) is 0 Å². The number of amides is 3. The molecule has 0 saturated carbocycles. The molecule has 3 amide bonds. The molecule has 2 rings (SSSR count). The minimum atomic E-state index is -4.49. The summed E-state index contributed by atoms with van der Waals surface area (Å²) >= 11 is 0. The van der Waals surface area contributed by atoms with Crippen molar-refractivity contribution in [1.82, 2.24) is 16.2 Å². The van der Waals surface area contributed by atoms with Crippen molar-refractivity contribution in [3.05, 3.63) is 47.0 Å². The first kappa shape index (κ1) is 22.4. The number of hydrogen-bond acceptors (Lipinski definition) is 3. The quantitative estimate of drug-likeness (QED) is 0.476. The molecule has 0 unspecified atom stereocenters. The highest BCUT2D eigenvalue weighted by atomic mass is 19.4. The van der Waals surface area contributed by atoms with Crippen molar-refractivity contribution in [2.45, 2.75) is 51.1 Å². The van der Waals surface area contributed by atoms with E-state index in [0.29, 0.717) is 6.54 Å². The van der Waals surface area contributed by atoms with Crippen molar-refractivity contribution in [3.8, 4) is 0 Å². The van der Waals surface area contributed by atoms with Crippen LogP contribution in [0.25, 0.3) is 0 Å². The van der Waals surface area contributed by atoms with E-state index in [0.717, 1.165) is 43.5 Å². The average Bonchev–Trinajstić information content (AvgIpc) is 2.70. The smallest absolute Gasteiger partial charge is 0.356 e. The van der Waals surface area contributed by atoms with Gasteiger partial charge in [0.25, 0.3) is 5.91 Å². The standard InChI is InChI=1S/C20H24F3N3O3/c21-20(22,23)16-8-6-15(7-9-16)19(29)26-25-18(28)11-10-17(27)24-13-12-14-4-2-1-3-5-14/h4,6-9H,1-3,5,10-13H2,(H,24,27)(H,25,28)(H,26,29). The molecule has 0 fully saturated rings. The monoisotopic (exact) mass is 411 g/mol. The predicted molar refractivity (Wildman–Crippen MR) is 100 cm³/mol. The molecular weight excluding hydrogens is 387 g/mol. The number of carbonyl (C=O) groups is 3. The summed E-state index contributed by atoms with van der Waals surface area (Å²) in [5.41, 5.74) is 4.69. The highest BCUT2D eigenvalue weighted by Crippen LogP contribution is 2.29. The number of carbonyl (C=O) groups excluding carboxylic acids is 3. The van der Waals surface area contributed by atoms with E-state index in [4.69, 9.17) is 0 Å². The van der Waals surface area contributed by atoms with E-state index in [1.54, 1.807) is 0 Å². The molecule has 1 aliphatic carbocycles. The molecule has 0 aliphatic heterocycles. The number of hydrazine groups is 1. The Morgan fingerprint density at radius 2 is 1.62 bits per heavy atom. The van der Waals surface area contributed by atoms with Crippen LogP contribution < -0.4 is 16.2 Å². The molecule has 0 atom stereocenters. The minimum Gasteiger partial charge on any atom is -0.356 e. The van der Waals surface area contributed by atoms with Crippen LogP contribution in [0.2, 0.25) is 0 Å². The van der Waals surface area contributed by atoms with E-state index in [1.165, 1.54) is 18.4 Å². The van der Waals surface area contributed by atoms with Gasteiger partial charge in [0, 0.05) is 24.9 Å². The highest BCUT2D eigenvalue weighted by molar-refractivity contribution is 5.95. The number of nitrogens with one attached hydrogen (secondary N) is 3. The zero-order valence-corrected chi connectivity index (χ0v) is 15.9. The van der Waals surface area contributed by atoms with Gasteiger partial charge in [-0.15, -0.1) is 0 Å². The summed E-state index contributed by atoms with van der Waals surface area (Å²) in [7, 11) is 0. The molecule has 9 heteroatoms. The fourth-order valence-electron chi connectivity index (χ4n) is 2.88. The van der Waals surface area contributed by atoms with Crippen molar-refractivity contribution in [3.63, 3.8) is 0 Å². The van der Waals surface area contributed by atoms with E-state index in [-0.39, 0.29) is 24.3 Å². The molecule has 0 saturated heterocycles. The zero-order chi connectivity index (χ0) is 21.3. The van der Waals surface area contributed by atoms with Gasteiger partial charge in [0.05, 0.1) is 5.56 Å². The second-order valence-electron chi connectivity index (χ2n) is 6.79. The Kier molecular flexibility index (Phi) is 8.23. The Balaban J connectivity index is 1.64. The third-order valence-electron chi connectivity index (χ3n) is 4.52. The number of alkyl halides is 3. The van der Waals surface area contributed by atoms with Crippen LogP contribution in [-0.4, -0.2) is 24.3 Å². The van der Waals surface area contributed by atoms with Gasteiger partial charge in [0.2, 0.25) is 11.8 Å². The van der Waals surface area contributed by atoms with Crippen molar-refractivity contribution < 1.29 is 27.6 Å². The third-order valence-corrected chi connectivity index (χ3v) is 4.52. The summed E-state index contributed by atoms with van der Waals surface area (Å²) in [5.74, 6) is -1.58.